The molecule has 3 nitrogen and oxygen atoms in total. The molecule has 2 rings (SSSR count). The second-order valence-corrected chi connectivity index (χ2v) is 5.34. The van der Waals surface area contributed by atoms with Crippen molar-refractivity contribution in [3.63, 3.8) is 0 Å². The van der Waals surface area contributed by atoms with Gasteiger partial charge in [-0.1, -0.05) is 13.8 Å². The number of hydrogen-bond donors (Lipinski definition) is 1. The van der Waals surface area contributed by atoms with Gasteiger partial charge in [0.05, 0.1) is 11.6 Å². The topological polar surface area (TPSA) is 50.2 Å². The normalized spacial score (nSPS) is 27.4. The Bertz CT molecular complexity index is 417. The van der Waals surface area contributed by atoms with Crippen molar-refractivity contribution in [2.45, 2.75) is 19.8 Å². The van der Waals surface area contributed by atoms with Crippen molar-refractivity contribution in [2.75, 3.05) is 0 Å². The monoisotopic (exact) mass is 269 g/mol. The van der Waals surface area contributed by atoms with E-state index in [4.69, 9.17) is 5.11 Å². The molecule has 15 heavy (non-hydrogen) atoms. The lowest BCUT2D eigenvalue weighted by Crippen LogP contribution is -2.03. The van der Waals surface area contributed by atoms with Gasteiger partial charge in [-0.05, 0) is 33.5 Å². The van der Waals surface area contributed by atoms with Crippen LogP contribution in [0.25, 0.3) is 0 Å². The Kier molecular flexibility index (Phi) is 2.34. The number of nitrogens with zero attached hydrogens (tertiary/aromatic N) is 1. The van der Waals surface area contributed by atoms with Crippen LogP contribution in [0, 0.1) is 11.3 Å². The lowest BCUT2D eigenvalue weighted by atomic mass is 10.1. The third-order valence-corrected chi connectivity index (χ3v) is 3.85. The molecule has 1 aliphatic carbocycles. The van der Waals surface area contributed by atoms with Crippen LogP contribution in [-0.2, 0) is 4.79 Å². The summed E-state index contributed by atoms with van der Waals surface area (Å²) in [6.45, 7) is 3.94. The summed E-state index contributed by atoms with van der Waals surface area (Å²) in [5.41, 5.74) is 0.665. The maximum atomic E-state index is 11.0. The van der Waals surface area contributed by atoms with Crippen LogP contribution in [0.15, 0.2) is 22.8 Å². The number of carboxylic acids is 1. The van der Waals surface area contributed by atoms with Gasteiger partial charge in [-0.15, -0.1) is 0 Å². The van der Waals surface area contributed by atoms with Crippen molar-refractivity contribution >= 4 is 21.9 Å². The van der Waals surface area contributed by atoms with Gasteiger partial charge in [-0.25, -0.2) is 0 Å². The van der Waals surface area contributed by atoms with E-state index in [1.165, 1.54) is 0 Å². The number of aliphatic carboxylic acids is 1. The first kappa shape index (κ1) is 10.6. The molecule has 0 spiro atoms. The van der Waals surface area contributed by atoms with Crippen LogP contribution in [0.3, 0.4) is 0 Å². The molecular formula is C11H12BrNO2. The van der Waals surface area contributed by atoms with E-state index < -0.39 is 5.97 Å². The van der Waals surface area contributed by atoms with Crippen LogP contribution in [0.2, 0.25) is 0 Å². The Morgan fingerprint density at radius 2 is 2.27 bits per heavy atom. The van der Waals surface area contributed by atoms with Crippen molar-refractivity contribution in [3.05, 3.63) is 28.5 Å². The van der Waals surface area contributed by atoms with E-state index in [-0.39, 0.29) is 17.3 Å². The number of aromatic nitrogens is 1. The third-order valence-electron chi connectivity index (χ3n) is 3.17. The lowest BCUT2D eigenvalue weighted by molar-refractivity contribution is -0.139. The molecule has 1 saturated carbocycles. The summed E-state index contributed by atoms with van der Waals surface area (Å²) in [4.78, 5) is 15.3. The molecule has 80 valence electrons. The van der Waals surface area contributed by atoms with Gasteiger partial charge in [-0.2, -0.15) is 0 Å². The first-order valence-electron chi connectivity index (χ1n) is 4.79. The van der Waals surface area contributed by atoms with Gasteiger partial charge in [0.25, 0.3) is 0 Å². The average molecular weight is 270 g/mol. The SMILES string of the molecule is CC1(C)[C@H](C(=O)O)[C@H]1c1ncccc1Br. The fourth-order valence-electron chi connectivity index (χ4n) is 2.24. The van der Waals surface area contributed by atoms with Crippen LogP contribution in [0.1, 0.15) is 25.5 Å². The molecule has 1 aromatic rings. The molecule has 0 bridgehead atoms. The Morgan fingerprint density at radius 3 is 2.73 bits per heavy atom. The van der Waals surface area contributed by atoms with Gasteiger partial charge < -0.3 is 5.11 Å². The highest BCUT2D eigenvalue weighted by Gasteiger charge is 2.63. The summed E-state index contributed by atoms with van der Waals surface area (Å²) in [6.07, 6.45) is 1.70. The molecule has 2 atom stereocenters. The van der Waals surface area contributed by atoms with Gasteiger partial charge in [0.15, 0.2) is 0 Å². The van der Waals surface area contributed by atoms with Gasteiger partial charge in [-0.3, -0.25) is 9.78 Å². The molecule has 4 heteroatoms. The molecule has 1 heterocycles. The summed E-state index contributed by atoms with van der Waals surface area (Å²) in [6, 6.07) is 3.73. The zero-order valence-electron chi connectivity index (χ0n) is 8.57. The minimum absolute atomic E-state index is 0.0191. The first-order chi connectivity index (χ1) is 6.96. The van der Waals surface area contributed by atoms with E-state index in [1.807, 2.05) is 26.0 Å². The number of hydrogen-bond acceptors (Lipinski definition) is 2. The average Bonchev–Trinajstić information content (AvgIpc) is 2.70. The summed E-state index contributed by atoms with van der Waals surface area (Å²) in [5.74, 6) is -1.03. The Balaban J connectivity index is 2.36. The highest BCUT2D eigenvalue weighted by molar-refractivity contribution is 9.10. The molecule has 0 aliphatic heterocycles. The number of carboxylic acid groups (broad SMARTS) is 1. The van der Waals surface area contributed by atoms with Crippen LogP contribution >= 0.6 is 15.9 Å². The van der Waals surface area contributed by atoms with Crippen LogP contribution in [0.4, 0.5) is 0 Å². The molecule has 0 aromatic carbocycles. The molecule has 1 fully saturated rings. The molecule has 0 amide bonds. The molecule has 1 N–H and O–H groups in total. The zero-order chi connectivity index (χ0) is 11.2. The highest BCUT2D eigenvalue weighted by Crippen LogP contribution is 2.64. The molecule has 1 aliphatic rings. The second-order valence-electron chi connectivity index (χ2n) is 4.49. The maximum absolute atomic E-state index is 11.0. The molecule has 0 unspecified atom stereocenters. The quantitative estimate of drug-likeness (QED) is 0.898. The van der Waals surface area contributed by atoms with Crippen molar-refractivity contribution < 1.29 is 9.90 Å². The standard InChI is InChI=1S/C11H12BrNO2/c1-11(2)7(8(11)10(14)15)9-6(12)4-3-5-13-9/h3-5,7-8H,1-2H3,(H,14,15)/t7-,8-/m0/s1. The van der Waals surface area contributed by atoms with E-state index in [2.05, 4.69) is 20.9 Å². The van der Waals surface area contributed by atoms with Gasteiger partial charge in [0.2, 0.25) is 0 Å². The minimum Gasteiger partial charge on any atom is -0.481 e. The minimum atomic E-state index is -0.734. The van der Waals surface area contributed by atoms with E-state index in [0.717, 1.165) is 10.2 Å². The molecule has 0 radical (unpaired) electrons. The smallest absolute Gasteiger partial charge is 0.307 e. The van der Waals surface area contributed by atoms with Gasteiger partial charge in [0, 0.05) is 16.6 Å². The van der Waals surface area contributed by atoms with E-state index in [9.17, 15) is 4.79 Å². The summed E-state index contributed by atoms with van der Waals surface area (Å²) >= 11 is 3.41. The Morgan fingerprint density at radius 1 is 1.60 bits per heavy atom. The second kappa shape index (κ2) is 3.30. The van der Waals surface area contributed by atoms with Crippen LogP contribution in [-0.4, -0.2) is 16.1 Å². The fraction of sp³-hybridized carbons (Fsp3) is 0.455. The number of pyridine rings is 1. The van der Waals surface area contributed by atoms with E-state index in [0.29, 0.717) is 0 Å². The van der Waals surface area contributed by atoms with Crippen molar-refractivity contribution in [2.24, 2.45) is 11.3 Å². The Hall–Kier alpha value is -0.900. The fourth-order valence-corrected chi connectivity index (χ4v) is 2.74. The summed E-state index contributed by atoms with van der Waals surface area (Å²) < 4.78 is 0.895. The maximum Gasteiger partial charge on any atom is 0.307 e. The van der Waals surface area contributed by atoms with Crippen molar-refractivity contribution in [1.82, 2.24) is 4.98 Å². The largest absolute Gasteiger partial charge is 0.481 e. The van der Waals surface area contributed by atoms with Gasteiger partial charge in [0.1, 0.15) is 0 Å². The van der Waals surface area contributed by atoms with Crippen molar-refractivity contribution in [1.29, 1.82) is 0 Å². The number of halogens is 1. The Labute approximate surface area is 96.7 Å². The number of rotatable bonds is 2. The predicted octanol–water partition coefficient (Wildman–Crippen LogP) is 2.67. The zero-order valence-corrected chi connectivity index (χ0v) is 10.2. The highest BCUT2D eigenvalue weighted by atomic mass is 79.9. The predicted molar refractivity (Wildman–Crippen MR) is 59.6 cm³/mol. The molecule has 1 aromatic heterocycles. The van der Waals surface area contributed by atoms with E-state index in [1.54, 1.807) is 6.20 Å². The third kappa shape index (κ3) is 1.57. The number of carbonyl (C=O) groups is 1. The molecular weight excluding hydrogens is 258 g/mol. The lowest BCUT2D eigenvalue weighted by Gasteiger charge is -2.03. The summed E-state index contributed by atoms with van der Waals surface area (Å²) in [5, 5.41) is 9.07. The first-order valence-corrected chi connectivity index (χ1v) is 5.58. The van der Waals surface area contributed by atoms with Crippen molar-refractivity contribution in [3.8, 4) is 0 Å². The summed E-state index contributed by atoms with van der Waals surface area (Å²) in [7, 11) is 0. The molecule has 0 saturated heterocycles. The van der Waals surface area contributed by atoms with E-state index >= 15 is 0 Å². The van der Waals surface area contributed by atoms with Gasteiger partial charge >= 0.3 is 5.97 Å². The van der Waals surface area contributed by atoms with Crippen LogP contribution in [0.5, 0.6) is 0 Å². The van der Waals surface area contributed by atoms with Crippen LogP contribution < -0.4 is 0 Å².